The van der Waals surface area contributed by atoms with Crippen molar-refractivity contribution in [3.05, 3.63) is 29.3 Å². The molecule has 0 atom stereocenters. The fourth-order valence-corrected chi connectivity index (χ4v) is 1.01. The Hall–Kier alpha value is -1.60. The first-order valence-corrected chi connectivity index (χ1v) is 3.91. The topological polar surface area (TPSA) is 35.2 Å². The molecule has 0 heterocycles. The number of hydrogen-bond donors (Lipinski definition) is 1. The second kappa shape index (κ2) is 4.58. The van der Waals surface area contributed by atoms with E-state index in [0.717, 1.165) is 12.1 Å². The summed E-state index contributed by atoms with van der Waals surface area (Å²) in [7, 11) is 1.30. The molecule has 0 radical (unpaired) electrons. The molecule has 0 spiro atoms. The predicted molar refractivity (Wildman–Crippen MR) is 48.8 cm³/mol. The van der Waals surface area contributed by atoms with Gasteiger partial charge in [0.25, 0.3) is 0 Å². The lowest BCUT2D eigenvalue weighted by molar-refractivity contribution is 0.383. The van der Waals surface area contributed by atoms with E-state index in [0.29, 0.717) is 0 Å². The molecule has 2 nitrogen and oxygen atoms in total. The molecule has 1 rings (SSSR count). The van der Waals surface area contributed by atoms with Gasteiger partial charge in [-0.3, -0.25) is 0 Å². The van der Waals surface area contributed by atoms with Crippen LogP contribution in [-0.2, 0) is 0 Å². The van der Waals surface area contributed by atoms with E-state index in [1.165, 1.54) is 7.11 Å². The van der Waals surface area contributed by atoms with Crippen LogP contribution in [0.2, 0.25) is 0 Å². The van der Waals surface area contributed by atoms with Crippen molar-refractivity contribution in [2.75, 3.05) is 13.7 Å². The summed E-state index contributed by atoms with van der Waals surface area (Å²) in [6.07, 6.45) is 0. The first-order chi connectivity index (χ1) is 6.69. The lowest BCUT2D eigenvalue weighted by Gasteiger charge is -2.04. The molecule has 0 saturated carbocycles. The van der Waals surface area contributed by atoms with Crippen LogP contribution in [0.3, 0.4) is 0 Å². The van der Waals surface area contributed by atoms with Gasteiger partial charge in [-0.15, -0.1) is 0 Å². The Bertz CT molecular complexity index is 393. The van der Waals surface area contributed by atoms with Crippen LogP contribution >= 0.6 is 0 Å². The molecule has 14 heavy (non-hydrogen) atoms. The van der Waals surface area contributed by atoms with Gasteiger partial charge in [-0.2, -0.15) is 0 Å². The zero-order valence-corrected chi connectivity index (χ0v) is 7.60. The predicted octanol–water partition coefficient (Wildman–Crippen LogP) is 1.28. The number of benzene rings is 1. The number of ether oxygens (including phenoxy) is 1. The molecule has 2 N–H and O–H groups in total. The summed E-state index contributed by atoms with van der Waals surface area (Å²) < 4.78 is 30.6. The minimum atomic E-state index is -0.770. The summed E-state index contributed by atoms with van der Waals surface area (Å²) in [6, 6.07) is 1.84. The van der Waals surface area contributed by atoms with Gasteiger partial charge in [-0.05, 0) is 6.07 Å². The fourth-order valence-electron chi connectivity index (χ4n) is 1.01. The van der Waals surface area contributed by atoms with Crippen molar-refractivity contribution in [1.82, 2.24) is 0 Å². The highest BCUT2D eigenvalue weighted by atomic mass is 19.1. The van der Waals surface area contributed by atoms with Gasteiger partial charge in [0, 0.05) is 6.07 Å². The molecular formula is C10H9F2NO. The molecule has 0 aromatic heterocycles. The Balaban J connectivity index is 3.25. The van der Waals surface area contributed by atoms with E-state index in [9.17, 15) is 8.78 Å². The monoisotopic (exact) mass is 197 g/mol. The molecule has 0 aliphatic heterocycles. The van der Waals surface area contributed by atoms with Crippen LogP contribution in [-0.4, -0.2) is 13.7 Å². The maximum absolute atomic E-state index is 13.1. The summed E-state index contributed by atoms with van der Waals surface area (Å²) in [5, 5.41) is 0. The normalized spacial score (nSPS) is 9.14. The summed E-state index contributed by atoms with van der Waals surface area (Å²) in [6.45, 7) is 0.126. The molecule has 0 unspecified atom stereocenters. The van der Waals surface area contributed by atoms with Gasteiger partial charge in [0.1, 0.15) is 5.82 Å². The van der Waals surface area contributed by atoms with Crippen LogP contribution in [0.4, 0.5) is 8.78 Å². The third-order valence-corrected chi connectivity index (χ3v) is 1.54. The fraction of sp³-hybridized carbons (Fsp3) is 0.200. The van der Waals surface area contributed by atoms with E-state index in [4.69, 9.17) is 10.5 Å². The minimum absolute atomic E-state index is 0.0626. The van der Waals surface area contributed by atoms with Crippen molar-refractivity contribution in [2.24, 2.45) is 5.73 Å². The Kier molecular flexibility index (Phi) is 3.43. The van der Waals surface area contributed by atoms with Crippen molar-refractivity contribution in [2.45, 2.75) is 0 Å². The molecule has 0 bridgehead atoms. The second-order valence-electron chi connectivity index (χ2n) is 2.47. The number of rotatable bonds is 1. The minimum Gasteiger partial charge on any atom is -0.492 e. The summed E-state index contributed by atoms with van der Waals surface area (Å²) in [4.78, 5) is 0. The number of halogens is 2. The standard InChI is InChI=1S/C10H9F2NO/c1-14-10-7(3-2-4-13)5-8(11)6-9(10)12/h5-6H,4,13H2,1H3. The maximum atomic E-state index is 13.1. The van der Waals surface area contributed by atoms with Gasteiger partial charge < -0.3 is 10.5 Å². The molecule has 0 fully saturated rings. The third kappa shape index (κ3) is 2.21. The molecule has 1 aromatic carbocycles. The number of methoxy groups -OCH3 is 1. The Morgan fingerprint density at radius 1 is 1.43 bits per heavy atom. The Morgan fingerprint density at radius 2 is 2.14 bits per heavy atom. The molecule has 1 aromatic rings. The van der Waals surface area contributed by atoms with Gasteiger partial charge in [-0.25, -0.2) is 8.78 Å². The second-order valence-corrected chi connectivity index (χ2v) is 2.47. The van der Waals surface area contributed by atoms with Crippen LogP contribution < -0.4 is 10.5 Å². The van der Waals surface area contributed by atoms with Crippen molar-refractivity contribution in [3.63, 3.8) is 0 Å². The van der Waals surface area contributed by atoms with Gasteiger partial charge in [0.2, 0.25) is 0 Å². The highest BCUT2D eigenvalue weighted by Gasteiger charge is 2.09. The molecule has 0 aliphatic rings. The van der Waals surface area contributed by atoms with Crippen molar-refractivity contribution in [3.8, 4) is 17.6 Å². The molecule has 74 valence electrons. The van der Waals surface area contributed by atoms with Crippen molar-refractivity contribution < 1.29 is 13.5 Å². The Morgan fingerprint density at radius 3 is 2.71 bits per heavy atom. The summed E-state index contributed by atoms with van der Waals surface area (Å²) >= 11 is 0. The van der Waals surface area contributed by atoms with E-state index in [2.05, 4.69) is 11.8 Å². The van der Waals surface area contributed by atoms with Gasteiger partial charge in [0.05, 0.1) is 19.2 Å². The zero-order chi connectivity index (χ0) is 10.6. The lowest BCUT2D eigenvalue weighted by Crippen LogP contribution is -1.96. The number of nitrogens with two attached hydrogens (primary N) is 1. The quantitative estimate of drug-likeness (QED) is 0.688. The first kappa shape index (κ1) is 10.5. The smallest absolute Gasteiger partial charge is 0.170 e. The van der Waals surface area contributed by atoms with Crippen LogP contribution in [0.25, 0.3) is 0 Å². The molecule has 0 saturated heterocycles. The van der Waals surface area contributed by atoms with Crippen LogP contribution in [0.15, 0.2) is 12.1 Å². The van der Waals surface area contributed by atoms with Crippen LogP contribution in [0, 0.1) is 23.5 Å². The summed E-state index contributed by atoms with van der Waals surface area (Å²) in [5.74, 6) is 3.50. The molecule has 0 amide bonds. The summed E-state index contributed by atoms with van der Waals surface area (Å²) in [5.41, 5.74) is 5.30. The first-order valence-electron chi connectivity index (χ1n) is 3.91. The van der Waals surface area contributed by atoms with E-state index in [1.807, 2.05) is 0 Å². The van der Waals surface area contributed by atoms with Crippen molar-refractivity contribution >= 4 is 0 Å². The van der Waals surface area contributed by atoms with E-state index in [-0.39, 0.29) is 17.9 Å². The largest absolute Gasteiger partial charge is 0.492 e. The molecular weight excluding hydrogens is 188 g/mol. The maximum Gasteiger partial charge on any atom is 0.170 e. The van der Waals surface area contributed by atoms with E-state index in [1.54, 1.807) is 0 Å². The average Bonchev–Trinajstić information content (AvgIpc) is 2.14. The highest BCUT2D eigenvalue weighted by molar-refractivity contribution is 5.47. The average molecular weight is 197 g/mol. The zero-order valence-electron chi connectivity index (χ0n) is 7.60. The van der Waals surface area contributed by atoms with E-state index >= 15 is 0 Å². The van der Waals surface area contributed by atoms with Crippen LogP contribution in [0.1, 0.15) is 5.56 Å². The lowest BCUT2D eigenvalue weighted by atomic mass is 10.2. The highest BCUT2D eigenvalue weighted by Crippen LogP contribution is 2.22. The van der Waals surface area contributed by atoms with Crippen molar-refractivity contribution in [1.29, 1.82) is 0 Å². The molecule has 4 heteroatoms. The van der Waals surface area contributed by atoms with Gasteiger partial charge in [-0.1, -0.05) is 11.8 Å². The number of hydrogen-bond acceptors (Lipinski definition) is 2. The Labute approximate surface area is 80.7 Å². The van der Waals surface area contributed by atoms with Gasteiger partial charge in [0.15, 0.2) is 11.6 Å². The third-order valence-electron chi connectivity index (χ3n) is 1.54. The van der Waals surface area contributed by atoms with Gasteiger partial charge >= 0.3 is 0 Å². The van der Waals surface area contributed by atoms with E-state index < -0.39 is 11.6 Å². The SMILES string of the molecule is COc1c(F)cc(F)cc1C#CCN. The van der Waals surface area contributed by atoms with Crippen LogP contribution in [0.5, 0.6) is 5.75 Å². The molecule has 0 aliphatic carbocycles.